The highest BCUT2D eigenvalue weighted by atomic mass is 16.5. The Hall–Kier alpha value is -3.39. The zero-order valence-corrected chi connectivity index (χ0v) is 18.7. The number of aliphatic hydroxyl groups is 1. The molecule has 0 heterocycles. The van der Waals surface area contributed by atoms with Crippen molar-refractivity contribution < 1.29 is 29.3 Å². The van der Waals surface area contributed by atoms with Gasteiger partial charge in [0.15, 0.2) is 0 Å². The molecule has 0 aromatic heterocycles. The van der Waals surface area contributed by atoms with Gasteiger partial charge < -0.3 is 25.2 Å². The fourth-order valence-corrected chi connectivity index (χ4v) is 4.30. The maximum Gasteiger partial charge on any atom is 0.407 e. The Morgan fingerprint density at radius 1 is 1.06 bits per heavy atom. The van der Waals surface area contributed by atoms with Crippen LogP contribution in [-0.2, 0) is 14.3 Å². The number of carboxylic acids is 1. The van der Waals surface area contributed by atoms with Crippen LogP contribution in [0.1, 0.15) is 43.2 Å². The van der Waals surface area contributed by atoms with Gasteiger partial charge in [0.2, 0.25) is 5.91 Å². The molecule has 176 valence electrons. The number of carbonyl (C=O) groups excluding carboxylic acids is 2. The second kappa shape index (κ2) is 11.5. The van der Waals surface area contributed by atoms with Gasteiger partial charge in [0.25, 0.3) is 0 Å². The van der Waals surface area contributed by atoms with E-state index >= 15 is 0 Å². The molecule has 1 atom stereocenters. The van der Waals surface area contributed by atoms with Crippen molar-refractivity contribution in [3.05, 3.63) is 59.7 Å². The zero-order chi connectivity index (χ0) is 23.8. The number of aliphatic hydroxyl groups excluding tert-OH is 1. The highest BCUT2D eigenvalue weighted by molar-refractivity contribution is 5.82. The number of nitrogens with one attached hydrogen (secondary N) is 1. The number of ether oxygens (including phenoxy) is 1. The number of aliphatic carboxylic acids is 1. The third kappa shape index (κ3) is 6.10. The van der Waals surface area contributed by atoms with Crippen molar-refractivity contribution in [1.82, 2.24) is 10.2 Å². The molecule has 33 heavy (non-hydrogen) atoms. The van der Waals surface area contributed by atoms with Crippen molar-refractivity contribution in [1.29, 1.82) is 0 Å². The summed E-state index contributed by atoms with van der Waals surface area (Å²) in [5.41, 5.74) is 4.50. The number of carboxylic acid groups (broad SMARTS) is 1. The topological polar surface area (TPSA) is 116 Å². The number of amides is 2. The molecule has 3 rings (SSSR count). The van der Waals surface area contributed by atoms with Gasteiger partial charge in [0.1, 0.15) is 13.2 Å². The number of hydrogen-bond donors (Lipinski definition) is 3. The van der Waals surface area contributed by atoms with Crippen LogP contribution in [0.2, 0.25) is 0 Å². The van der Waals surface area contributed by atoms with E-state index in [-0.39, 0.29) is 32.1 Å². The predicted octanol–water partition coefficient (Wildman–Crippen LogP) is 2.99. The molecule has 0 fully saturated rings. The summed E-state index contributed by atoms with van der Waals surface area (Å²) < 4.78 is 5.56. The van der Waals surface area contributed by atoms with Crippen LogP contribution in [0, 0.1) is 0 Å². The van der Waals surface area contributed by atoms with Crippen LogP contribution in [0.15, 0.2) is 48.5 Å². The molecule has 0 saturated heterocycles. The Labute approximate surface area is 193 Å². The highest BCUT2D eigenvalue weighted by Gasteiger charge is 2.29. The lowest BCUT2D eigenvalue weighted by molar-refractivity contribution is -0.145. The second-order valence-electron chi connectivity index (χ2n) is 8.09. The van der Waals surface area contributed by atoms with Gasteiger partial charge in [-0.2, -0.15) is 0 Å². The zero-order valence-electron chi connectivity index (χ0n) is 18.7. The van der Waals surface area contributed by atoms with Crippen LogP contribution in [0.5, 0.6) is 0 Å². The van der Waals surface area contributed by atoms with Crippen LogP contribution < -0.4 is 5.32 Å². The molecule has 0 saturated carbocycles. The molecule has 1 aliphatic rings. The van der Waals surface area contributed by atoms with Crippen LogP contribution in [0.4, 0.5) is 4.79 Å². The first kappa shape index (κ1) is 24.3. The van der Waals surface area contributed by atoms with Crippen molar-refractivity contribution in [3.63, 3.8) is 0 Å². The molecule has 0 bridgehead atoms. The van der Waals surface area contributed by atoms with Crippen molar-refractivity contribution in [2.45, 2.75) is 38.1 Å². The molecule has 0 radical (unpaired) electrons. The van der Waals surface area contributed by atoms with Crippen LogP contribution in [0.3, 0.4) is 0 Å². The Kier molecular flexibility index (Phi) is 8.43. The molecule has 0 spiro atoms. The quantitative estimate of drug-likeness (QED) is 0.481. The third-order valence-electron chi connectivity index (χ3n) is 5.77. The molecule has 1 unspecified atom stereocenters. The summed E-state index contributed by atoms with van der Waals surface area (Å²) in [6, 6.07) is 15.6. The van der Waals surface area contributed by atoms with E-state index in [1.165, 1.54) is 0 Å². The lowest BCUT2D eigenvalue weighted by atomic mass is 9.98. The molecule has 1 aliphatic carbocycles. The number of fused-ring (bicyclic) bond motifs is 3. The van der Waals surface area contributed by atoms with E-state index in [1.54, 1.807) is 0 Å². The van der Waals surface area contributed by atoms with Crippen LogP contribution in [0.25, 0.3) is 11.1 Å². The number of benzene rings is 2. The molecule has 2 aromatic carbocycles. The summed E-state index contributed by atoms with van der Waals surface area (Å²) >= 11 is 0. The Bertz CT molecular complexity index is 947. The maximum absolute atomic E-state index is 12.6. The van der Waals surface area contributed by atoms with Gasteiger partial charge in [-0.3, -0.25) is 9.59 Å². The van der Waals surface area contributed by atoms with E-state index in [2.05, 4.69) is 17.4 Å². The van der Waals surface area contributed by atoms with Gasteiger partial charge in [-0.1, -0.05) is 61.9 Å². The van der Waals surface area contributed by atoms with Crippen molar-refractivity contribution >= 4 is 18.0 Å². The number of hydrogen-bond acceptors (Lipinski definition) is 5. The van der Waals surface area contributed by atoms with Gasteiger partial charge in [0.05, 0.1) is 6.61 Å². The van der Waals surface area contributed by atoms with Crippen molar-refractivity contribution in [3.8, 4) is 11.1 Å². The van der Waals surface area contributed by atoms with E-state index in [9.17, 15) is 14.4 Å². The van der Waals surface area contributed by atoms with Gasteiger partial charge in [-0.25, -0.2) is 4.79 Å². The molecule has 8 nitrogen and oxygen atoms in total. The van der Waals surface area contributed by atoms with E-state index in [1.807, 2.05) is 43.3 Å². The van der Waals surface area contributed by atoms with E-state index in [0.717, 1.165) is 33.6 Å². The first-order valence-electron chi connectivity index (χ1n) is 11.2. The molecule has 0 aliphatic heterocycles. The monoisotopic (exact) mass is 454 g/mol. The normalized spacial score (nSPS) is 13.0. The minimum Gasteiger partial charge on any atom is -0.480 e. The van der Waals surface area contributed by atoms with Crippen molar-refractivity contribution in [2.24, 2.45) is 0 Å². The largest absolute Gasteiger partial charge is 0.480 e. The summed E-state index contributed by atoms with van der Waals surface area (Å²) in [5, 5.41) is 20.9. The first-order chi connectivity index (χ1) is 15.9. The second-order valence-corrected chi connectivity index (χ2v) is 8.09. The van der Waals surface area contributed by atoms with E-state index in [0.29, 0.717) is 6.42 Å². The Balaban J connectivity index is 1.61. The minimum absolute atomic E-state index is 0.0642. The number of rotatable bonds is 11. The summed E-state index contributed by atoms with van der Waals surface area (Å²) in [4.78, 5) is 37.2. The average molecular weight is 455 g/mol. The average Bonchev–Trinajstić information content (AvgIpc) is 3.11. The summed E-state index contributed by atoms with van der Waals surface area (Å²) in [5.74, 6) is -1.66. The lowest BCUT2D eigenvalue weighted by Crippen LogP contribution is -2.43. The maximum atomic E-state index is 12.6. The molecule has 2 aromatic rings. The lowest BCUT2D eigenvalue weighted by Gasteiger charge is -2.24. The summed E-state index contributed by atoms with van der Waals surface area (Å²) in [6.45, 7) is 1.19. The number of carbonyl (C=O) groups is 3. The Morgan fingerprint density at radius 3 is 2.21 bits per heavy atom. The minimum atomic E-state index is -1.16. The number of nitrogens with zero attached hydrogens (tertiary/aromatic N) is 1. The van der Waals surface area contributed by atoms with Crippen molar-refractivity contribution in [2.75, 3.05) is 26.3 Å². The molecular formula is C25H30N2O6. The Morgan fingerprint density at radius 2 is 1.67 bits per heavy atom. The van der Waals surface area contributed by atoms with E-state index in [4.69, 9.17) is 14.9 Å². The predicted molar refractivity (Wildman–Crippen MR) is 123 cm³/mol. The standard InChI is InChI=1S/C25H30N2O6/c1-2-7-17(14-23(29)27(12-13-28)15-24(30)31)26-25(32)33-16-22-20-10-5-3-8-18(20)19-9-4-6-11-21(19)22/h3-6,8-11,17,22,28H,2,7,12-16H2,1H3,(H,26,32)(H,30,31). The molecule has 8 heteroatoms. The molecule has 2 amide bonds. The fraction of sp³-hybridized carbons (Fsp3) is 0.400. The van der Waals surface area contributed by atoms with Gasteiger partial charge in [-0.05, 0) is 28.7 Å². The highest BCUT2D eigenvalue weighted by Crippen LogP contribution is 2.44. The van der Waals surface area contributed by atoms with Gasteiger partial charge in [0, 0.05) is 24.9 Å². The van der Waals surface area contributed by atoms with Gasteiger partial charge in [-0.15, -0.1) is 0 Å². The van der Waals surface area contributed by atoms with Crippen LogP contribution in [-0.4, -0.2) is 65.4 Å². The summed E-state index contributed by atoms with van der Waals surface area (Å²) in [6.07, 6.45) is 0.581. The molecular weight excluding hydrogens is 424 g/mol. The fourth-order valence-electron chi connectivity index (χ4n) is 4.30. The van der Waals surface area contributed by atoms with E-state index < -0.39 is 30.6 Å². The SMILES string of the molecule is CCCC(CC(=O)N(CCO)CC(=O)O)NC(=O)OCC1c2ccccc2-c2ccccc21. The first-order valence-corrected chi connectivity index (χ1v) is 11.2. The molecule has 3 N–H and O–H groups in total. The van der Waals surface area contributed by atoms with Gasteiger partial charge >= 0.3 is 12.1 Å². The number of alkyl carbamates (subject to hydrolysis) is 1. The van der Waals surface area contributed by atoms with Crippen LogP contribution >= 0.6 is 0 Å². The summed E-state index contributed by atoms with van der Waals surface area (Å²) in [7, 11) is 0. The third-order valence-corrected chi connectivity index (χ3v) is 5.77. The smallest absolute Gasteiger partial charge is 0.407 e.